The van der Waals surface area contributed by atoms with E-state index in [1.165, 1.54) is 0 Å². The lowest BCUT2D eigenvalue weighted by atomic mass is 9.94. The number of rotatable bonds is 15. The van der Waals surface area contributed by atoms with Crippen molar-refractivity contribution in [2.75, 3.05) is 65.8 Å². The molecule has 32 heteroatoms. The maximum absolute atomic E-state index is 11.7. The Balaban J connectivity index is 1.17. The molecule has 21 N–H and O–H groups in total. The third-order valence-electron chi connectivity index (χ3n) is 14.4. The van der Waals surface area contributed by atoms with Gasteiger partial charge in [0.05, 0.1) is 33.0 Å². The van der Waals surface area contributed by atoms with E-state index >= 15 is 0 Å². The zero-order valence-electron chi connectivity index (χ0n) is 40.6. The molecule has 22 fully saturated rings. The van der Waals surface area contributed by atoms with Crippen molar-refractivity contribution in [3.05, 3.63) is 0 Å². The van der Waals surface area contributed by atoms with Gasteiger partial charge in [-0.25, -0.2) is 0 Å². The average Bonchev–Trinajstić information content (AvgIpc) is 3.41. The molecule has 12 bridgehead atoms. The highest BCUT2D eigenvalue weighted by Crippen LogP contribution is 2.38. The number of aliphatic hydroxyl groups excluding tert-OH is 17. The topological polar surface area (TPSA) is 505 Å². The Morgan fingerprint density at radius 1 is 0.267 bits per heavy atom. The Labute approximate surface area is 428 Å². The molecule has 22 aliphatic heterocycles. The Hall–Kier alpha value is -1.28. The molecule has 32 nitrogen and oxygen atoms in total. The van der Waals surface area contributed by atoms with Crippen molar-refractivity contribution in [2.24, 2.45) is 5.73 Å². The van der Waals surface area contributed by atoms with Gasteiger partial charge in [-0.3, -0.25) is 0 Å². The van der Waals surface area contributed by atoms with Crippen LogP contribution in [-0.2, 0) is 56.8 Å². The van der Waals surface area contributed by atoms with Crippen molar-refractivity contribution >= 4 is 0 Å². The molecular weight excluding hydrogens is 1020 g/mol. The summed E-state index contributed by atoms with van der Waals surface area (Å²) in [6, 6.07) is 0. The van der Waals surface area contributed by atoms with Gasteiger partial charge in [0.25, 0.3) is 0 Å². The van der Waals surface area contributed by atoms with Gasteiger partial charge in [-0.15, -0.1) is 0 Å². The molecule has 22 heterocycles. The predicted molar refractivity (Wildman–Crippen MR) is 237 cm³/mol. The van der Waals surface area contributed by atoms with Gasteiger partial charge in [0, 0.05) is 19.6 Å². The SMILES string of the molecule is NCCNCCCCCNCC1OC2OC3C(CO)OC(OC4C(CO)OC(OC5C(CO)OC(OC6C(CO)OC(OC7C(CO)OC(OC1C(O)C2O)C(O)C7O)C(O)C6O)C(O)C5O)C(O)C4O)C(O)C3O. The summed E-state index contributed by atoms with van der Waals surface area (Å²) < 4.78 is 69.8. The van der Waals surface area contributed by atoms with Crippen LogP contribution in [0.1, 0.15) is 19.3 Å². The molecule has 0 saturated carbocycles. The van der Waals surface area contributed by atoms with Gasteiger partial charge < -0.3 is 160 Å². The highest BCUT2D eigenvalue weighted by Gasteiger charge is 2.58. The summed E-state index contributed by atoms with van der Waals surface area (Å²) >= 11 is 0. The number of unbranched alkanes of at least 4 members (excludes halogenated alkanes) is 2. The summed E-state index contributed by atoms with van der Waals surface area (Å²) in [6.45, 7) is -2.83. The molecule has 30 atom stereocenters. The van der Waals surface area contributed by atoms with E-state index in [0.29, 0.717) is 26.1 Å². The fourth-order valence-corrected chi connectivity index (χ4v) is 10.1. The van der Waals surface area contributed by atoms with E-state index < -0.39 is 217 Å². The van der Waals surface area contributed by atoms with Crippen molar-refractivity contribution in [1.29, 1.82) is 0 Å². The third kappa shape index (κ3) is 13.6. The largest absolute Gasteiger partial charge is 0.394 e. The van der Waals surface area contributed by atoms with Crippen LogP contribution in [0, 0.1) is 0 Å². The molecule has 0 amide bonds. The maximum atomic E-state index is 11.7. The van der Waals surface area contributed by atoms with Crippen LogP contribution < -0.4 is 16.4 Å². The van der Waals surface area contributed by atoms with Crippen LogP contribution >= 0.6 is 0 Å². The smallest absolute Gasteiger partial charge is 0.187 e. The Kier molecular flexibility index (Phi) is 22.8. The Morgan fingerprint density at radius 3 is 0.733 bits per heavy atom. The van der Waals surface area contributed by atoms with Crippen molar-refractivity contribution in [1.82, 2.24) is 10.6 Å². The third-order valence-corrected chi connectivity index (χ3v) is 14.4. The van der Waals surface area contributed by atoms with E-state index in [0.717, 1.165) is 19.4 Å². The first-order valence-corrected chi connectivity index (χ1v) is 25.1. The fraction of sp³-hybridized carbons (Fsp3) is 1.00. The van der Waals surface area contributed by atoms with Crippen LogP contribution in [0.4, 0.5) is 0 Å². The molecule has 0 aromatic heterocycles. The van der Waals surface area contributed by atoms with Crippen LogP contribution in [0.3, 0.4) is 0 Å². The highest BCUT2D eigenvalue weighted by atomic mass is 16.8. The van der Waals surface area contributed by atoms with Gasteiger partial charge in [0.2, 0.25) is 0 Å². The molecule has 22 aliphatic rings. The molecule has 0 aliphatic carbocycles. The second kappa shape index (κ2) is 27.9. The number of nitrogens with two attached hydrogens (primary N) is 1. The van der Waals surface area contributed by atoms with Crippen molar-refractivity contribution in [3.8, 4) is 0 Å². The van der Waals surface area contributed by atoms with Gasteiger partial charge in [-0.2, -0.15) is 0 Å². The molecule has 0 radical (unpaired) electrons. The van der Waals surface area contributed by atoms with Crippen LogP contribution in [0.5, 0.6) is 0 Å². The van der Waals surface area contributed by atoms with Crippen molar-refractivity contribution < 1.29 is 144 Å². The van der Waals surface area contributed by atoms with Crippen LogP contribution in [0.2, 0.25) is 0 Å². The summed E-state index contributed by atoms with van der Waals surface area (Å²) in [5.41, 5.74) is 5.53. The fourth-order valence-electron chi connectivity index (χ4n) is 10.1. The second-order valence-corrected chi connectivity index (χ2v) is 19.5. The standard InChI is InChI=1S/C43H77N3O29/c44-4-7-45-5-2-1-3-6-46-8-14-32-20(52)26(58)38(64-14)71-33-15(9-47)66-40(28(60)22(33)54)73-35-17(11-49)68-42(30(62)24(35)56)75-37-19(13-51)69-43(31(63)25(37)57)74-36-18(12-50)67-41(29(61)23(36)55)72-34-16(10-48)65-39(70-32)27(59)21(34)53/h14-43,45-63H,1-13,44H2. The Morgan fingerprint density at radius 2 is 0.493 bits per heavy atom. The number of ether oxygens (including phenoxy) is 12. The first kappa shape index (κ1) is 61.3. The minimum atomic E-state index is -2.14. The van der Waals surface area contributed by atoms with E-state index in [9.17, 15) is 86.8 Å². The minimum absolute atomic E-state index is 0.160. The van der Waals surface area contributed by atoms with Crippen LogP contribution in [0.15, 0.2) is 0 Å². The molecular formula is C43H77N3O29. The second-order valence-electron chi connectivity index (χ2n) is 19.5. The molecule has 22 rings (SSSR count). The molecule has 30 unspecified atom stereocenters. The Bertz CT molecular complexity index is 1680. The summed E-state index contributed by atoms with van der Waals surface area (Å²) in [5, 5.41) is 195. The molecule has 0 spiro atoms. The van der Waals surface area contributed by atoms with E-state index in [4.69, 9.17) is 62.6 Å². The monoisotopic (exact) mass is 1100 g/mol. The zero-order chi connectivity index (χ0) is 54.4. The van der Waals surface area contributed by atoms with Gasteiger partial charge in [-0.05, 0) is 25.9 Å². The number of aliphatic hydroxyl groups is 17. The highest BCUT2D eigenvalue weighted by molar-refractivity contribution is 5.01. The van der Waals surface area contributed by atoms with Gasteiger partial charge in [-0.1, -0.05) is 6.42 Å². The van der Waals surface area contributed by atoms with E-state index in [1.54, 1.807) is 0 Å². The summed E-state index contributed by atoms with van der Waals surface area (Å²) in [4.78, 5) is 0. The summed E-state index contributed by atoms with van der Waals surface area (Å²) in [5.74, 6) is 0. The zero-order valence-corrected chi connectivity index (χ0v) is 40.6. The van der Waals surface area contributed by atoms with E-state index in [-0.39, 0.29) is 6.54 Å². The minimum Gasteiger partial charge on any atom is -0.394 e. The van der Waals surface area contributed by atoms with Gasteiger partial charge in [0.1, 0.15) is 146 Å². The van der Waals surface area contributed by atoms with Crippen LogP contribution in [-0.4, -0.2) is 337 Å². The number of hydrogen-bond donors (Lipinski definition) is 20. The molecule has 0 aromatic rings. The molecule has 438 valence electrons. The van der Waals surface area contributed by atoms with Crippen LogP contribution in [0.25, 0.3) is 0 Å². The van der Waals surface area contributed by atoms with Crippen molar-refractivity contribution in [2.45, 2.75) is 203 Å². The molecule has 75 heavy (non-hydrogen) atoms. The average molecular weight is 1100 g/mol. The molecule has 22 saturated heterocycles. The maximum Gasteiger partial charge on any atom is 0.187 e. The quantitative estimate of drug-likeness (QED) is 0.0677. The normalized spacial score (nSPS) is 50.2. The lowest BCUT2D eigenvalue weighted by Crippen LogP contribution is -2.69. The van der Waals surface area contributed by atoms with E-state index in [1.807, 2.05) is 0 Å². The number of nitrogens with one attached hydrogen (secondary N) is 2. The first-order chi connectivity index (χ1) is 35.9. The lowest BCUT2D eigenvalue weighted by Gasteiger charge is -2.50. The van der Waals surface area contributed by atoms with Gasteiger partial charge in [0.15, 0.2) is 37.7 Å². The van der Waals surface area contributed by atoms with Gasteiger partial charge >= 0.3 is 0 Å². The first-order valence-electron chi connectivity index (χ1n) is 25.1. The predicted octanol–water partition coefficient (Wildman–Crippen LogP) is -12.7. The molecule has 0 aromatic carbocycles. The lowest BCUT2D eigenvalue weighted by molar-refractivity contribution is -0.403. The van der Waals surface area contributed by atoms with Crippen molar-refractivity contribution in [3.63, 3.8) is 0 Å². The summed E-state index contributed by atoms with van der Waals surface area (Å²) in [6.07, 6.45) is -55.0. The summed E-state index contributed by atoms with van der Waals surface area (Å²) in [7, 11) is 0. The van der Waals surface area contributed by atoms with E-state index in [2.05, 4.69) is 10.6 Å². The number of hydrogen-bond acceptors (Lipinski definition) is 32.